The van der Waals surface area contributed by atoms with Crippen LogP contribution < -0.4 is 5.73 Å². The summed E-state index contributed by atoms with van der Waals surface area (Å²) in [6.07, 6.45) is 4.55. The third-order valence-electron chi connectivity index (χ3n) is 2.97. The standard InChI is InChI=1S/C13H16N4O2S/c1-3-4-7-11(9-14)20(18,19)17-12-8-5-6-10(2)13(12)15-16-17/h3-8,11H,1,9,14H2,2H3/b7-4-. The molecule has 0 aliphatic heterocycles. The highest BCUT2D eigenvalue weighted by Gasteiger charge is 2.27. The molecule has 0 saturated heterocycles. The first-order valence-electron chi connectivity index (χ1n) is 6.07. The van der Waals surface area contributed by atoms with Crippen LogP contribution in [0.1, 0.15) is 5.56 Å². The molecule has 20 heavy (non-hydrogen) atoms. The molecule has 7 heteroatoms. The van der Waals surface area contributed by atoms with Crippen molar-refractivity contribution in [2.75, 3.05) is 6.54 Å². The maximum Gasteiger partial charge on any atom is 0.263 e. The lowest BCUT2D eigenvalue weighted by atomic mass is 10.2. The number of allylic oxidation sites excluding steroid dienone is 2. The van der Waals surface area contributed by atoms with Gasteiger partial charge >= 0.3 is 0 Å². The van der Waals surface area contributed by atoms with E-state index >= 15 is 0 Å². The number of aryl methyl sites for hydroxylation is 1. The Labute approximate surface area is 117 Å². The van der Waals surface area contributed by atoms with Gasteiger partial charge < -0.3 is 5.73 Å². The molecule has 0 aliphatic carbocycles. The third-order valence-corrected chi connectivity index (χ3v) is 4.83. The molecule has 0 amide bonds. The fourth-order valence-electron chi connectivity index (χ4n) is 1.88. The van der Waals surface area contributed by atoms with Crippen molar-refractivity contribution < 1.29 is 8.42 Å². The molecule has 0 radical (unpaired) electrons. The predicted molar refractivity (Wildman–Crippen MR) is 78.8 cm³/mol. The number of hydrogen-bond acceptors (Lipinski definition) is 5. The van der Waals surface area contributed by atoms with Crippen molar-refractivity contribution in [3.05, 3.63) is 48.6 Å². The molecule has 1 heterocycles. The van der Waals surface area contributed by atoms with Crippen LogP contribution in [0.4, 0.5) is 0 Å². The van der Waals surface area contributed by atoms with E-state index in [9.17, 15) is 8.42 Å². The number of nitrogens with zero attached hydrogens (tertiary/aromatic N) is 3. The molecule has 0 spiro atoms. The summed E-state index contributed by atoms with van der Waals surface area (Å²) >= 11 is 0. The zero-order valence-electron chi connectivity index (χ0n) is 11.1. The summed E-state index contributed by atoms with van der Waals surface area (Å²) in [5, 5.41) is 6.83. The van der Waals surface area contributed by atoms with Crippen LogP contribution in [0.3, 0.4) is 0 Å². The van der Waals surface area contributed by atoms with Crippen molar-refractivity contribution in [2.45, 2.75) is 12.2 Å². The molecule has 106 valence electrons. The molecule has 2 rings (SSSR count). The predicted octanol–water partition coefficient (Wildman–Crippen LogP) is 0.987. The number of aromatic nitrogens is 3. The molecule has 2 aromatic rings. The number of benzene rings is 1. The van der Waals surface area contributed by atoms with Crippen molar-refractivity contribution in [1.29, 1.82) is 0 Å². The summed E-state index contributed by atoms with van der Waals surface area (Å²) in [6.45, 7) is 5.33. The van der Waals surface area contributed by atoms with Gasteiger partial charge in [0, 0.05) is 6.54 Å². The Morgan fingerprint density at radius 1 is 1.50 bits per heavy atom. The quantitative estimate of drug-likeness (QED) is 0.830. The van der Waals surface area contributed by atoms with Gasteiger partial charge in [0.25, 0.3) is 10.0 Å². The van der Waals surface area contributed by atoms with E-state index in [0.717, 1.165) is 9.65 Å². The van der Waals surface area contributed by atoms with E-state index in [2.05, 4.69) is 16.9 Å². The van der Waals surface area contributed by atoms with Gasteiger partial charge in [0.2, 0.25) is 0 Å². The van der Waals surface area contributed by atoms with Gasteiger partial charge in [0.05, 0.1) is 0 Å². The first kappa shape index (κ1) is 14.4. The molecule has 0 fully saturated rings. The summed E-state index contributed by atoms with van der Waals surface area (Å²) in [6, 6.07) is 5.29. The van der Waals surface area contributed by atoms with Crippen LogP contribution >= 0.6 is 0 Å². The highest BCUT2D eigenvalue weighted by Crippen LogP contribution is 2.18. The Bertz CT molecular complexity index is 762. The largest absolute Gasteiger partial charge is 0.329 e. The van der Waals surface area contributed by atoms with Gasteiger partial charge in [-0.3, -0.25) is 0 Å². The molecule has 0 aliphatic rings. The van der Waals surface area contributed by atoms with E-state index in [1.165, 1.54) is 12.2 Å². The Balaban J connectivity index is 2.60. The Kier molecular flexibility index (Phi) is 4.01. The average molecular weight is 292 g/mol. The van der Waals surface area contributed by atoms with Gasteiger partial charge in [-0.25, -0.2) is 8.42 Å². The molecule has 0 bridgehead atoms. The molecule has 1 unspecified atom stereocenters. The second kappa shape index (κ2) is 5.56. The van der Waals surface area contributed by atoms with Crippen LogP contribution in [0.15, 0.2) is 43.0 Å². The maximum absolute atomic E-state index is 12.6. The SMILES string of the molecule is C=C/C=C\C(CN)S(=O)(=O)n1nnc2c(C)cccc21. The molecule has 1 aromatic heterocycles. The van der Waals surface area contributed by atoms with E-state index in [1.807, 2.05) is 13.0 Å². The number of nitrogens with two attached hydrogens (primary N) is 1. The van der Waals surface area contributed by atoms with Crippen molar-refractivity contribution >= 4 is 21.1 Å². The Morgan fingerprint density at radius 2 is 2.25 bits per heavy atom. The molecular weight excluding hydrogens is 276 g/mol. The van der Waals surface area contributed by atoms with Crippen LogP contribution in [-0.2, 0) is 10.0 Å². The fraction of sp³-hybridized carbons (Fsp3) is 0.231. The fourth-order valence-corrected chi connectivity index (χ4v) is 3.23. The van der Waals surface area contributed by atoms with E-state index in [1.54, 1.807) is 18.2 Å². The smallest absolute Gasteiger partial charge is 0.263 e. The molecule has 6 nitrogen and oxygen atoms in total. The third kappa shape index (κ3) is 2.37. The first-order valence-corrected chi connectivity index (χ1v) is 7.57. The second-order valence-electron chi connectivity index (χ2n) is 4.31. The highest BCUT2D eigenvalue weighted by molar-refractivity contribution is 7.90. The summed E-state index contributed by atoms with van der Waals surface area (Å²) in [5.41, 5.74) is 7.45. The van der Waals surface area contributed by atoms with Gasteiger partial charge in [-0.05, 0) is 18.6 Å². The van der Waals surface area contributed by atoms with Crippen LogP contribution in [0, 0.1) is 6.92 Å². The van der Waals surface area contributed by atoms with Gasteiger partial charge in [-0.1, -0.05) is 42.2 Å². The van der Waals surface area contributed by atoms with Gasteiger partial charge in [-0.2, -0.15) is 0 Å². The summed E-state index contributed by atoms with van der Waals surface area (Å²) < 4.78 is 26.0. The monoisotopic (exact) mass is 292 g/mol. The zero-order chi connectivity index (χ0) is 14.8. The van der Waals surface area contributed by atoms with E-state index < -0.39 is 15.3 Å². The van der Waals surface area contributed by atoms with Gasteiger partial charge in [-0.15, -0.1) is 9.19 Å². The normalized spacial score (nSPS) is 13.9. The second-order valence-corrected chi connectivity index (χ2v) is 6.30. The molecular formula is C13H16N4O2S. The van der Waals surface area contributed by atoms with E-state index in [-0.39, 0.29) is 6.54 Å². The summed E-state index contributed by atoms with van der Waals surface area (Å²) in [7, 11) is -3.74. The van der Waals surface area contributed by atoms with E-state index in [4.69, 9.17) is 5.73 Å². The van der Waals surface area contributed by atoms with Crippen molar-refractivity contribution in [3.8, 4) is 0 Å². The lowest BCUT2D eigenvalue weighted by Gasteiger charge is -2.11. The maximum atomic E-state index is 12.6. The van der Waals surface area contributed by atoms with Crippen LogP contribution in [-0.4, -0.2) is 34.6 Å². The molecule has 1 aromatic carbocycles. The van der Waals surface area contributed by atoms with Gasteiger partial charge in [0.15, 0.2) is 0 Å². The summed E-state index contributed by atoms with van der Waals surface area (Å²) in [5.74, 6) is 0. The van der Waals surface area contributed by atoms with Crippen molar-refractivity contribution in [1.82, 2.24) is 14.4 Å². The topological polar surface area (TPSA) is 90.9 Å². The molecule has 2 N–H and O–H groups in total. The van der Waals surface area contributed by atoms with Crippen LogP contribution in [0.5, 0.6) is 0 Å². The minimum atomic E-state index is -3.74. The molecule has 1 atom stereocenters. The number of rotatable bonds is 5. The summed E-state index contributed by atoms with van der Waals surface area (Å²) in [4.78, 5) is 0. The zero-order valence-corrected chi connectivity index (χ0v) is 11.9. The van der Waals surface area contributed by atoms with Gasteiger partial charge in [0.1, 0.15) is 16.3 Å². The molecule has 0 saturated carbocycles. The van der Waals surface area contributed by atoms with Crippen LogP contribution in [0.25, 0.3) is 11.0 Å². The minimum absolute atomic E-state index is 0.0418. The number of fused-ring (bicyclic) bond motifs is 1. The highest BCUT2D eigenvalue weighted by atomic mass is 32.2. The Hall–Kier alpha value is -1.99. The lowest BCUT2D eigenvalue weighted by molar-refractivity contribution is 0.571. The van der Waals surface area contributed by atoms with Crippen LogP contribution in [0.2, 0.25) is 0 Å². The minimum Gasteiger partial charge on any atom is -0.329 e. The average Bonchev–Trinajstić information content (AvgIpc) is 2.85. The lowest BCUT2D eigenvalue weighted by Crippen LogP contribution is -2.33. The number of hydrogen-bond donors (Lipinski definition) is 1. The van der Waals surface area contributed by atoms with Crippen molar-refractivity contribution in [2.24, 2.45) is 5.73 Å². The first-order chi connectivity index (χ1) is 9.52. The Morgan fingerprint density at radius 3 is 2.90 bits per heavy atom. The van der Waals surface area contributed by atoms with Crippen molar-refractivity contribution in [3.63, 3.8) is 0 Å². The van der Waals surface area contributed by atoms with E-state index in [0.29, 0.717) is 11.0 Å².